The Kier molecular flexibility index (Phi) is 11.2. The van der Waals surface area contributed by atoms with Crippen molar-refractivity contribution < 1.29 is 29.0 Å². The highest BCUT2D eigenvalue weighted by atomic mass is 32.2. The molecule has 4 N–H and O–H groups in total. The Labute approximate surface area is 188 Å². The number of ether oxygens (including phenoxy) is 1. The third kappa shape index (κ3) is 10.8. The summed E-state index contributed by atoms with van der Waals surface area (Å²) in [6.45, 7) is 7.31. The standard InChI is InChI=1S/C21H37N3O6S/c1-13(23-20(29)30-21(2,3)4)17(25)22-12-14-6-8-15(9-7-14)18(26)24-16(19(27)28)10-11-31-5/h13-16H,6-12H2,1-5H3,(H,22,25)(H,23,29)(H,24,26)(H,27,28)/t13-,14?,15?,16-/m1/s1. The van der Waals surface area contributed by atoms with Gasteiger partial charge in [0.1, 0.15) is 17.7 Å². The summed E-state index contributed by atoms with van der Waals surface area (Å²) >= 11 is 1.55. The van der Waals surface area contributed by atoms with Gasteiger partial charge in [0.25, 0.3) is 0 Å². The van der Waals surface area contributed by atoms with Crippen LogP contribution in [0.3, 0.4) is 0 Å². The van der Waals surface area contributed by atoms with Crippen molar-refractivity contribution in [1.29, 1.82) is 0 Å². The molecule has 0 saturated heterocycles. The summed E-state index contributed by atoms with van der Waals surface area (Å²) in [5.41, 5.74) is -0.634. The smallest absolute Gasteiger partial charge is 0.408 e. The summed E-state index contributed by atoms with van der Waals surface area (Å²) < 4.78 is 5.15. The first kappa shape index (κ1) is 27.1. The quantitative estimate of drug-likeness (QED) is 0.393. The number of rotatable bonds is 10. The van der Waals surface area contributed by atoms with Gasteiger partial charge in [0.05, 0.1) is 0 Å². The van der Waals surface area contributed by atoms with Crippen molar-refractivity contribution in [2.24, 2.45) is 11.8 Å². The second kappa shape index (κ2) is 12.8. The van der Waals surface area contributed by atoms with Crippen molar-refractivity contribution >= 4 is 35.6 Å². The first-order chi connectivity index (χ1) is 14.4. The number of alkyl carbamates (subject to hydrolysis) is 1. The molecule has 0 radical (unpaired) electrons. The van der Waals surface area contributed by atoms with Crippen LogP contribution in [-0.2, 0) is 19.1 Å². The minimum atomic E-state index is -1.01. The number of hydrogen-bond donors (Lipinski definition) is 4. The lowest BCUT2D eigenvalue weighted by molar-refractivity contribution is -0.142. The van der Waals surface area contributed by atoms with E-state index in [1.807, 2.05) is 6.26 Å². The maximum Gasteiger partial charge on any atom is 0.408 e. The van der Waals surface area contributed by atoms with Gasteiger partial charge in [0, 0.05) is 12.5 Å². The molecular weight excluding hydrogens is 422 g/mol. The van der Waals surface area contributed by atoms with Gasteiger partial charge in [-0.2, -0.15) is 11.8 Å². The number of amides is 3. The molecule has 3 amide bonds. The van der Waals surface area contributed by atoms with E-state index in [9.17, 15) is 24.3 Å². The van der Waals surface area contributed by atoms with Crippen molar-refractivity contribution in [3.63, 3.8) is 0 Å². The number of nitrogens with one attached hydrogen (secondary N) is 3. The summed E-state index contributed by atoms with van der Waals surface area (Å²) in [6, 6.07) is -1.57. The number of aliphatic carboxylic acids is 1. The van der Waals surface area contributed by atoms with Gasteiger partial charge in [-0.1, -0.05) is 0 Å². The molecule has 178 valence electrons. The van der Waals surface area contributed by atoms with E-state index in [0.29, 0.717) is 31.6 Å². The predicted octanol–water partition coefficient (Wildman–Crippen LogP) is 2.14. The average Bonchev–Trinajstić information content (AvgIpc) is 2.67. The molecule has 0 aliphatic heterocycles. The first-order valence-corrected chi connectivity index (χ1v) is 12.1. The molecule has 1 aliphatic rings. The number of thioether (sulfide) groups is 1. The Morgan fingerprint density at radius 1 is 1.10 bits per heavy atom. The third-order valence-electron chi connectivity index (χ3n) is 5.13. The molecule has 2 atom stereocenters. The molecule has 10 heteroatoms. The van der Waals surface area contributed by atoms with Crippen LogP contribution in [0.1, 0.15) is 59.8 Å². The summed E-state index contributed by atoms with van der Waals surface area (Å²) in [5, 5.41) is 17.3. The second-order valence-electron chi connectivity index (χ2n) is 9.01. The van der Waals surface area contributed by atoms with E-state index in [1.54, 1.807) is 39.5 Å². The predicted molar refractivity (Wildman–Crippen MR) is 120 cm³/mol. The molecule has 1 saturated carbocycles. The van der Waals surface area contributed by atoms with Crippen LogP contribution in [0, 0.1) is 11.8 Å². The van der Waals surface area contributed by atoms with Crippen LogP contribution >= 0.6 is 11.8 Å². The second-order valence-corrected chi connectivity index (χ2v) is 10.00. The zero-order chi connectivity index (χ0) is 23.6. The normalized spacial score (nSPS) is 20.8. The summed E-state index contributed by atoms with van der Waals surface area (Å²) in [6.07, 6.45) is 4.52. The Morgan fingerprint density at radius 3 is 2.23 bits per heavy atom. The number of carboxylic acids is 1. The molecule has 0 unspecified atom stereocenters. The van der Waals surface area contributed by atoms with Crippen molar-refractivity contribution in [1.82, 2.24) is 16.0 Å². The zero-order valence-corrected chi connectivity index (χ0v) is 20.0. The zero-order valence-electron chi connectivity index (χ0n) is 19.2. The van der Waals surface area contributed by atoms with Crippen LogP contribution in [-0.4, -0.2) is 65.2 Å². The molecule has 1 aliphatic carbocycles. The van der Waals surface area contributed by atoms with E-state index >= 15 is 0 Å². The highest BCUT2D eigenvalue weighted by Crippen LogP contribution is 2.28. The number of carboxylic acid groups (broad SMARTS) is 1. The van der Waals surface area contributed by atoms with Gasteiger partial charge >= 0.3 is 12.1 Å². The van der Waals surface area contributed by atoms with Crippen LogP contribution in [0.15, 0.2) is 0 Å². The Bertz CT molecular complexity index is 629. The fourth-order valence-corrected chi connectivity index (χ4v) is 3.83. The molecule has 31 heavy (non-hydrogen) atoms. The molecule has 9 nitrogen and oxygen atoms in total. The van der Waals surface area contributed by atoms with Crippen molar-refractivity contribution in [2.45, 2.75) is 77.5 Å². The average molecular weight is 460 g/mol. The lowest BCUT2D eigenvalue weighted by atomic mass is 9.81. The van der Waals surface area contributed by atoms with Crippen LogP contribution in [0.2, 0.25) is 0 Å². The summed E-state index contributed by atoms with van der Waals surface area (Å²) in [4.78, 5) is 47.7. The molecule has 0 aromatic rings. The maximum absolute atomic E-state index is 12.4. The third-order valence-corrected chi connectivity index (χ3v) is 5.78. The first-order valence-electron chi connectivity index (χ1n) is 10.7. The van der Waals surface area contributed by atoms with Crippen LogP contribution < -0.4 is 16.0 Å². The van der Waals surface area contributed by atoms with Crippen molar-refractivity contribution in [2.75, 3.05) is 18.6 Å². The molecule has 1 rings (SSSR count). The molecule has 0 aromatic heterocycles. The molecule has 1 fully saturated rings. The Balaban J connectivity index is 2.36. The van der Waals surface area contributed by atoms with Crippen LogP contribution in [0.25, 0.3) is 0 Å². The van der Waals surface area contributed by atoms with Crippen molar-refractivity contribution in [3.8, 4) is 0 Å². The van der Waals surface area contributed by atoms with Gasteiger partial charge < -0.3 is 25.8 Å². The van der Waals surface area contributed by atoms with Crippen LogP contribution in [0.5, 0.6) is 0 Å². The number of carbonyl (C=O) groups is 4. The maximum atomic E-state index is 12.4. The van der Waals surface area contributed by atoms with Gasteiger partial charge in [-0.15, -0.1) is 0 Å². The summed E-state index contributed by atoms with van der Waals surface area (Å²) in [7, 11) is 0. The van der Waals surface area contributed by atoms with E-state index in [1.165, 1.54) is 0 Å². The van der Waals surface area contributed by atoms with Crippen LogP contribution in [0.4, 0.5) is 4.79 Å². The minimum absolute atomic E-state index is 0.198. The van der Waals surface area contributed by atoms with Gasteiger partial charge in [-0.05, 0) is 77.7 Å². The Hall–Kier alpha value is -1.97. The van der Waals surface area contributed by atoms with Gasteiger partial charge in [0.2, 0.25) is 11.8 Å². The lowest BCUT2D eigenvalue weighted by Crippen LogP contribution is -2.48. The molecule has 0 heterocycles. The van der Waals surface area contributed by atoms with E-state index in [0.717, 1.165) is 12.8 Å². The largest absolute Gasteiger partial charge is 0.480 e. The number of hydrogen-bond acceptors (Lipinski definition) is 6. The molecule has 0 bridgehead atoms. The van der Waals surface area contributed by atoms with Gasteiger partial charge in [-0.3, -0.25) is 9.59 Å². The van der Waals surface area contributed by atoms with E-state index in [2.05, 4.69) is 16.0 Å². The summed E-state index contributed by atoms with van der Waals surface area (Å²) in [5.74, 6) is -0.780. The van der Waals surface area contributed by atoms with Crippen molar-refractivity contribution in [3.05, 3.63) is 0 Å². The number of carbonyl (C=O) groups excluding carboxylic acids is 3. The molecule has 0 aromatic carbocycles. The monoisotopic (exact) mass is 459 g/mol. The Morgan fingerprint density at radius 2 is 1.71 bits per heavy atom. The molecular formula is C21H37N3O6S. The minimum Gasteiger partial charge on any atom is -0.480 e. The van der Waals surface area contributed by atoms with E-state index < -0.39 is 29.7 Å². The highest BCUT2D eigenvalue weighted by molar-refractivity contribution is 7.98. The SMILES string of the molecule is CSCC[C@@H](NC(=O)C1CCC(CNC(=O)[C@@H](C)NC(=O)OC(C)(C)C)CC1)C(=O)O. The highest BCUT2D eigenvalue weighted by Gasteiger charge is 2.30. The van der Waals surface area contributed by atoms with E-state index in [-0.39, 0.29) is 23.7 Å². The van der Waals surface area contributed by atoms with Gasteiger partial charge in [-0.25, -0.2) is 9.59 Å². The fourth-order valence-electron chi connectivity index (χ4n) is 3.36. The lowest BCUT2D eigenvalue weighted by Gasteiger charge is -2.29. The molecule has 0 spiro atoms. The fraction of sp³-hybridized carbons (Fsp3) is 0.810. The van der Waals surface area contributed by atoms with E-state index in [4.69, 9.17) is 4.74 Å². The van der Waals surface area contributed by atoms with Gasteiger partial charge in [0.15, 0.2) is 0 Å². The topological polar surface area (TPSA) is 134 Å².